The molecule has 0 heterocycles. The maximum absolute atomic E-state index is 10.7. The molecule has 0 aromatic carbocycles. The molecule has 0 bridgehead atoms. The topological polar surface area (TPSA) is 96.2 Å². The van der Waals surface area contributed by atoms with Gasteiger partial charge in [-0.25, -0.2) is 0 Å². The minimum atomic E-state index is -3.87. The van der Waals surface area contributed by atoms with Crippen molar-refractivity contribution in [2.45, 2.75) is 116 Å². The number of ether oxygens (including phenoxy) is 2. The van der Waals surface area contributed by atoms with Crippen LogP contribution in [-0.4, -0.2) is 85.8 Å². The van der Waals surface area contributed by atoms with Gasteiger partial charge in [0.2, 0.25) is 0 Å². The number of quaternary nitrogens is 1. The number of rotatable bonds is 23. The third-order valence-electron chi connectivity index (χ3n) is 5.86. The average Bonchev–Trinajstić information content (AvgIpc) is 2.77. The van der Waals surface area contributed by atoms with Crippen molar-refractivity contribution in [2.75, 3.05) is 54.6 Å². The zero-order chi connectivity index (χ0) is 27.7. The molecule has 0 amide bonds. The number of hydrogen-bond acceptors (Lipinski definition) is 4. The van der Waals surface area contributed by atoms with Gasteiger partial charge in [0.05, 0.1) is 40.9 Å². The second kappa shape index (κ2) is 25.0. The van der Waals surface area contributed by atoms with Gasteiger partial charge >= 0.3 is 7.60 Å². The lowest BCUT2D eigenvalue weighted by atomic mass is 10.1. The van der Waals surface area contributed by atoms with Gasteiger partial charge in [0, 0.05) is 13.7 Å². The first-order valence-electron chi connectivity index (χ1n) is 14.2. The van der Waals surface area contributed by atoms with Crippen molar-refractivity contribution in [3.8, 4) is 0 Å². The molecule has 36 heavy (non-hydrogen) atoms. The first kappa shape index (κ1) is 37.9. The quantitative estimate of drug-likeness (QED) is 0.0611. The van der Waals surface area contributed by atoms with E-state index in [0.717, 1.165) is 13.0 Å². The molecule has 7 nitrogen and oxygen atoms in total. The first-order valence-corrected chi connectivity index (χ1v) is 15.9. The molecule has 0 radical (unpaired) electrons. The fourth-order valence-electron chi connectivity index (χ4n) is 3.81. The molecular weight excluding hydrogens is 477 g/mol. The molecule has 0 aromatic rings. The van der Waals surface area contributed by atoms with Crippen molar-refractivity contribution >= 4 is 7.60 Å². The predicted octanol–water partition coefficient (Wildman–Crippen LogP) is 6.31. The number of aliphatic hydroxyl groups is 1. The smallest absolute Gasteiger partial charge is 0.333 e. The van der Waals surface area contributed by atoms with Crippen LogP contribution < -0.4 is 0 Å². The first-order chi connectivity index (χ1) is 16.9. The highest BCUT2D eigenvalue weighted by molar-refractivity contribution is 7.52. The number of aliphatic hydroxyl groups excluding tert-OH is 1. The van der Waals surface area contributed by atoms with E-state index in [1.807, 2.05) is 21.1 Å². The highest BCUT2D eigenvalue weighted by atomic mass is 31.2. The Bertz CT molecular complexity index is 533. The molecule has 0 spiro atoms. The SMILES string of the molecule is CC(C[N+](C)(C)C)P(=O)(O)O.CCCCCCC/C=C\CCCCCCCCCOC[C@@H](O)COC. The van der Waals surface area contributed by atoms with Crippen LogP contribution in [0.5, 0.6) is 0 Å². The molecule has 0 saturated heterocycles. The maximum Gasteiger partial charge on any atom is 0.333 e. The van der Waals surface area contributed by atoms with E-state index in [2.05, 4.69) is 19.1 Å². The van der Waals surface area contributed by atoms with E-state index < -0.39 is 19.4 Å². The number of unbranched alkanes of at least 4 members (excludes halogenated alkanes) is 12. The Balaban J connectivity index is 0. The summed E-state index contributed by atoms with van der Waals surface area (Å²) in [5, 5.41) is 9.43. The normalized spacial score (nSPS) is 14.0. The molecule has 1 unspecified atom stereocenters. The van der Waals surface area contributed by atoms with Crippen LogP contribution in [-0.2, 0) is 14.0 Å². The predicted molar refractivity (Wildman–Crippen MR) is 153 cm³/mol. The average molecular weight is 539 g/mol. The van der Waals surface area contributed by atoms with Crippen molar-refractivity contribution in [3.63, 3.8) is 0 Å². The third-order valence-corrected chi connectivity index (χ3v) is 7.17. The van der Waals surface area contributed by atoms with Gasteiger partial charge in [-0.3, -0.25) is 4.57 Å². The van der Waals surface area contributed by atoms with Crippen LogP contribution in [0.1, 0.15) is 104 Å². The molecule has 0 aliphatic heterocycles. The Morgan fingerprint density at radius 1 is 0.806 bits per heavy atom. The summed E-state index contributed by atoms with van der Waals surface area (Å²) < 4.78 is 21.6. The van der Waals surface area contributed by atoms with E-state index in [0.29, 0.717) is 24.2 Å². The largest absolute Gasteiger partial charge is 0.388 e. The monoisotopic (exact) mass is 538 g/mol. The van der Waals surface area contributed by atoms with Crippen LogP contribution in [0.3, 0.4) is 0 Å². The Kier molecular flexibility index (Phi) is 26.3. The van der Waals surface area contributed by atoms with E-state index in [1.54, 1.807) is 14.0 Å². The fourth-order valence-corrected chi connectivity index (χ4v) is 4.51. The third kappa shape index (κ3) is 31.8. The Morgan fingerprint density at radius 2 is 1.28 bits per heavy atom. The number of methoxy groups -OCH3 is 1. The fraction of sp³-hybridized carbons (Fsp3) is 0.929. The van der Waals surface area contributed by atoms with Crippen molar-refractivity contribution in [2.24, 2.45) is 0 Å². The van der Waals surface area contributed by atoms with Gasteiger partial charge < -0.3 is 28.9 Å². The molecule has 2 atom stereocenters. The van der Waals surface area contributed by atoms with Crippen LogP contribution >= 0.6 is 7.60 Å². The number of nitrogens with zero attached hydrogens (tertiary/aromatic N) is 1. The van der Waals surface area contributed by atoms with E-state index in [4.69, 9.17) is 19.3 Å². The Morgan fingerprint density at radius 3 is 1.69 bits per heavy atom. The zero-order valence-corrected chi connectivity index (χ0v) is 25.4. The highest BCUT2D eigenvalue weighted by Gasteiger charge is 2.28. The summed E-state index contributed by atoms with van der Waals surface area (Å²) in [6, 6.07) is 0. The van der Waals surface area contributed by atoms with Crippen LogP contribution in [0.15, 0.2) is 12.2 Å². The van der Waals surface area contributed by atoms with Crippen LogP contribution in [0.2, 0.25) is 0 Å². The maximum atomic E-state index is 10.7. The lowest BCUT2D eigenvalue weighted by Gasteiger charge is -2.27. The summed E-state index contributed by atoms with van der Waals surface area (Å²) in [5.74, 6) is 0. The number of allylic oxidation sites excluding steroid dienone is 2. The van der Waals surface area contributed by atoms with Gasteiger partial charge in [0.15, 0.2) is 0 Å². The molecule has 218 valence electrons. The summed E-state index contributed by atoms with van der Waals surface area (Å²) in [6.45, 7) is 5.83. The lowest BCUT2D eigenvalue weighted by Crippen LogP contribution is -2.40. The summed E-state index contributed by atoms with van der Waals surface area (Å²) in [7, 11) is 3.45. The summed E-state index contributed by atoms with van der Waals surface area (Å²) in [4.78, 5) is 17.5. The van der Waals surface area contributed by atoms with E-state index in [9.17, 15) is 9.67 Å². The summed E-state index contributed by atoms with van der Waals surface area (Å²) >= 11 is 0. The summed E-state index contributed by atoms with van der Waals surface area (Å²) in [5.41, 5.74) is -0.553. The van der Waals surface area contributed by atoms with Gasteiger partial charge in [0.1, 0.15) is 11.8 Å². The van der Waals surface area contributed by atoms with Crippen LogP contribution in [0.4, 0.5) is 0 Å². The van der Waals surface area contributed by atoms with Gasteiger partial charge in [0.25, 0.3) is 0 Å². The van der Waals surface area contributed by atoms with Gasteiger partial charge in [-0.05, 0) is 39.0 Å². The minimum Gasteiger partial charge on any atom is -0.388 e. The second-order valence-corrected chi connectivity index (χ2v) is 13.1. The molecule has 8 heteroatoms. The van der Waals surface area contributed by atoms with Gasteiger partial charge in [-0.2, -0.15) is 0 Å². The summed E-state index contributed by atoms with van der Waals surface area (Å²) in [6.07, 6.45) is 22.8. The molecule has 0 saturated carbocycles. The van der Waals surface area contributed by atoms with Gasteiger partial charge in [-0.1, -0.05) is 76.9 Å². The molecule has 0 aliphatic carbocycles. The Hall–Kier alpha value is -0.270. The van der Waals surface area contributed by atoms with Crippen molar-refractivity contribution in [1.82, 2.24) is 0 Å². The van der Waals surface area contributed by atoms with Crippen molar-refractivity contribution in [1.29, 1.82) is 0 Å². The molecule has 0 aliphatic rings. The number of hydrogen-bond donors (Lipinski definition) is 3. The molecule has 0 rings (SSSR count). The van der Waals surface area contributed by atoms with Gasteiger partial charge in [-0.15, -0.1) is 0 Å². The molecule has 3 N–H and O–H groups in total. The highest BCUT2D eigenvalue weighted by Crippen LogP contribution is 2.41. The molecular formula is C28H61NO6P+. The van der Waals surface area contributed by atoms with Crippen molar-refractivity contribution in [3.05, 3.63) is 12.2 Å². The van der Waals surface area contributed by atoms with Crippen LogP contribution in [0, 0.1) is 0 Å². The molecule has 0 fully saturated rings. The zero-order valence-electron chi connectivity index (χ0n) is 24.5. The standard InChI is InChI=1S/C22H44O3.C6H16NO3P/c1-3-4-5-6-7-8-9-10-11-12-13-14-15-16-17-18-19-25-21-22(23)20-24-2;1-6(11(8,9)10)5-7(2,3)4/h9-10,22-23H,3-8,11-21H2,1-2H3;6H,5H2,1-4H3,(H-,8,9,10)/p+1/b10-9-;/t22-;/m0./s1. The van der Waals surface area contributed by atoms with E-state index in [1.165, 1.54) is 83.5 Å². The Labute approximate surface area is 223 Å². The molecule has 0 aromatic heterocycles. The minimum absolute atomic E-state index is 0.355. The second-order valence-electron chi connectivity index (χ2n) is 11.0. The van der Waals surface area contributed by atoms with E-state index >= 15 is 0 Å². The van der Waals surface area contributed by atoms with E-state index in [-0.39, 0.29) is 0 Å². The van der Waals surface area contributed by atoms with Crippen LogP contribution in [0.25, 0.3) is 0 Å². The van der Waals surface area contributed by atoms with Crippen molar-refractivity contribution < 1.29 is 33.4 Å². The lowest BCUT2D eigenvalue weighted by molar-refractivity contribution is -0.869.